The number of hydrogen-bond acceptors (Lipinski definition) is 7. The van der Waals surface area contributed by atoms with Gasteiger partial charge in [-0.2, -0.15) is 4.31 Å². The van der Waals surface area contributed by atoms with Gasteiger partial charge in [0.1, 0.15) is 6.04 Å². The summed E-state index contributed by atoms with van der Waals surface area (Å²) in [6.07, 6.45) is 1.89. The molecule has 0 spiro atoms. The fourth-order valence-corrected chi connectivity index (χ4v) is 6.30. The van der Waals surface area contributed by atoms with E-state index in [1.54, 1.807) is 21.3 Å². The number of piperazine rings is 1. The minimum Gasteiger partial charge on any atom is -0.493 e. The lowest BCUT2D eigenvalue weighted by atomic mass is 10.1. The summed E-state index contributed by atoms with van der Waals surface area (Å²) >= 11 is 0. The van der Waals surface area contributed by atoms with Crippen LogP contribution >= 0.6 is 0 Å². The molecule has 0 N–H and O–H groups in total. The second-order valence-corrected chi connectivity index (χ2v) is 10.2. The third-order valence-corrected chi connectivity index (χ3v) is 8.25. The standard InChI is InChI=1S/C22H35N3O6S/c1-5-15-32(27,28)25-10-6-7-18(25)22(26)24-13-11-23(12-14-24)16-17-8-9-19(29-2)21(31-4)20(17)30-3/h8-9,18H,5-7,10-16H2,1-4H3. The summed E-state index contributed by atoms with van der Waals surface area (Å²) in [4.78, 5) is 17.2. The van der Waals surface area contributed by atoms with Crippen LogP contribution in [-0.4, -0.2) is 94.3 Å². The third-order valence-electron chi connectivity index (χ3n) is 6.17. The Morgan fingerprint density at radius 2 is 1.69 bits per heavy atom. The molecule has 0 bridgehead atoms. The number of ether oxygens (including phenoxy) is 3. The van der Waals surface area contributed by atoms with E-state index in [1.165, 1.54) is 4.31 Å². The molecular weight excluding hydrogens is 434 g/mol. The molecule has 2 aliphatic rings. The number of rotatable bonds is 9. The third kappa shape index (κ3) is 5.13. The highest BCUT2D eigenvalue weighted by Crippen LogP contribution is 2.40. The zero-order valence-electron chi connectivity index (χ0n) is 19.5. The molecule has 2 heterocycles. The van der Waals surface area contributed by atoms with Gasteiger partial charge in [0.2, 0.25) is 21.7 Å². The van der Waals surface area contributed by atoms with E-state index in [1.807, 2.05) is 24.0 Å². The minimum atomic E-state index is -3.38. The molecule has 2 fully saturated rings. The van der Waals surface area contributed by atoms with Gasteiger partial charge >= 0.3 is 0 Å². The van der Waals surface area contributed by atoms with Crippen LogP contribution in [0.15, 0.2) is 12.1 Å². The first-order valence-corrected chi connectivity index (χ1v) is 12.8. The largest absolute Gasteiger partial charge is 0.493 e. The molecule has 3 rings (SSSR count). The van der Waals surface area contributed by atoms with E-state index < -0.39 is 16.1 Å². The van der Waals surface area contributed by atoms with Gasteiger partial charge in [0.25, 0.3) is 0 Å². The van der Waals surface area contributed by atoms with Gasteiger partial charge in [-0.25, -0.2) is 8.42 Å². The summed E-state index contributed by atoms with van der Waals surface area (Å²) in [5.41, 5.74) is 0.984. The molecule has 32 heavy (non-hydrogen) atoms. The molecule has 1 amide bonds. The first kappa shape index (κ1) is 24.6. The average Bonchev–Trinajstić information content (AvgIpc) is 3.29. The number of nitrogens with zero attached hydrogens (tertiary/aromatic N) is 3. The Labute approximate surface area is 191 Å². The number of sulfonamides is 1. The number of amides is 1. The van der Waals surface area contributed by atoms with Crippen molar-refractivity contribution in [1.29, 1.82) is 0 Å². The zero-order valence-corrected chi connectivity index (χ0v) is 20.3. The highest BCUT2D eigenvalue weighted by molar-refractivity contribution is 7.89. The molecule has 2 saturated heterocycles. The molecule has 10 heteroatoms. The molecule has 2 aliphatic heterocycles. The van der Waals surface area contributed by atoms with E-state index in [9.17, 15) is 13.2 Å². The maximum atomic E-state index is 13.1. The molecule has 1 atom stereocenters. The monoisotopic (exact) mass is 469 g/mol. The van der Waals surface area contributed by atoms with Gasteiger partial charge in [-0.3, -0.25) is 9.69 Å². The van der Waals surface area contributed by atoms with Crippen molar-refractivity contribution >= 4 is 15.9 Å². The van der Waals surface area contributed by atoms with E-state index in [4.69, 9.17) is 14.2 Å². The molecule has 1 unspecified atom stereocenters. The van der Waals surface area contributed by atoms with E-state index in [2.05, 4.69) is 4.90 Å². The predicted molar refractivity (Wildman–Crippen MR) is 122 cm³/mol. The van der Waals surface area contributed by atoms with Crippen LogP contribution in [-0.2, 0) is 21.4 Å². The molecule has 0 aromatic heterocycles. The minimum absolute atomic E-state index is 0.0643. The fourth-order valence-electron chi connectivity index (χ4n) is 4.56. The summed E-state index contributed by atoms with van der Waals surface area (Å²) in [6, 6.07) is 3.28. The van der Waals surface area contributed by atoms with Crippen LogP contribution in [0.4, 0.5) is 0 Å². The smallest absolute Gasteiger partial charge is 0.241 e. The van der Waals surface area contributed by atoms with Crippen molar-refractivity contribution in [2.75, 3.05) is 59.8 Å². The van der Waals surface area contributed by atoms with Gasteiger partial charge in [0.05, 0.1) is 27.1 Å². The lowest BCUT2D eigenvalue weighted by molar-refractivity contribution is -0.136. The fraction of sp³-hybridized carbons (Fsp3) is 0.682. The zero-order chi connectivity index (χ0) is 23.3. The molecule has 0 aliphatic carbocycles. The summed E-state index contributed by atoms with van der Waals surface area (Å²) in [5.74, 6) is 1.86. The molecule has 0 saturated carbocycles. The summed E-state index contributed by atoms with van der Waals surface area (Å²) in [7, 11) is 1.41. The van der Waals surface area contributed by atoms with Crippen LogP contribution in [0.25, 0.3) is 0 Å². The van der Waals surface area contributed by atoms with Crippen LogP contribution in [0.1, 0.15) is 31.7 Å². The average molecular weight is 470 g/mol. The topological polar surface area (TPSA) is 88.6 Å². The van der Waals surface area contributed by atoms with Gasteiger partial charge in [-0.15, -0.1) is 0 Å². The number of carbonyl (C=O) groups excluding carboxylic acids is 1. The number of methoxy groups -OCH3 is 3. The van der Waals surface area contributed by atoms with E-state index >= 15 is 0 Å². The normalized spacial score (nSPS) is 20.4. The maximum absolute atomic E-state index is 13.1. The summed E-state index contributed by atoms with van der Waals surface area (Å²) in [5, 5.41) is 0. The Bertz CT molecular complexity index is 899. The SMILES string of the molecule is CCCS(=O)(=O)N1CCCC1C(=O)N1CCN(Cc2ccc(OC)c(OC)c2OC)CC1. The lowest BCUT2D eigenvalue weighted by Crippen LogP contribution is -2.54. The summed E-state index contributed by atoms with van der Waals surface area (Å²) < 4.78 is 43.0. The molecule has 9 nitrogen and oxygen atoms in total. The van der Waals surface area contributed by atoms with Crippen molar-refractivity contribution in [2.24, 2.45) is 0 Å². The molecule has 1 aromatic rings. The van der Waals surface area contributed by atoms with Crippen molar-refractivity contribution in [3.05, 3.63) is 17.7 Å². The van der Waals surface area contributed by atoms with Crippen LogP contribution in [0.5, 0.6) is 17.2 Å². The van der Waals surface area contributed by atoms with Crippen LogP contribution in [0.3, 0.4) is 0 Å². The predicted octanol–water partition coefficient (Wildman–Crippen LogP) is 1.56. The lowest BCUT2D eigenvalue weighted by Gasteiger charge is -2.37. The second kappa shape index (κ2) is 10.7. The van der Waals surface area contributed by atoms with Crippen molar-refractivity contribution in [2.45, 2.75) is 38.8 Å². The van der Waals surface area contributed by atoms with E-state index in [0.29, 0.717) is 69.4 Å². The van der Waals surface area contributed by atoms with Crippen molar-refractivity contribution < 1.29 is 27.4 Å². The molecule has 1 aromatic carbocycles. The molecule has 180 valence electrons. The van der Waals surface area contributed by atoms with E-state index in [0.717, 1.165) is 12.0 Å². The quantitative estimate of drug-likeness (QED) is 0.542. The van der Waals surface area contributed by atoms with Crippen LogP contribution < -0.4 is 14.2 Å². The Morgan fingerprint density at radius 3 is 2.28 bits per heavy atom. The Morgan fingerprint density at radius 1 is 1.00 bits per heavy atom. The number of benzene rings is 1. The van der Waals surface area contributed by atoms with Gasteiger partial charge in [-0.1, -0.05) is 13.0 Å². The van der Waals surface area contributed by atoms with Gasteiger partial charge in [-0.05, 0) is 25.3 Å². The first-order valence-electron chi connectivity index (χ1n) is 11.1. The highest BCUT2D eigenvalue weighted by atomic mass is 32.2. The number of hydrogen-bond donors (Lipinski definition) is 0. The van der Waals surface area contributed by atoms with Gasteiger partial charge in [0.15, 0.2) is 11.5 Å². The number of carbonyl (C=O) groups is 1. The Balaban J connectivity index is 1.63. The summed E-state index contributed by atoms with van der Waals surface area (Å²) in [6.45, 7) is 5.51. The van der Waals surface area contributed by atoms with Crippen molar-refractivity contribution in [1.82, 2.24) is 14.1 Å². The second-order valence-electron chi connectivity index (χ2n) is 8.18. The molecular formula is C22H35N3O6S. The van der Waals surface area contributed by atoms with Crippen molar-refractivity contribution in [3.63, 3.8) is 0 Å². The van der Waals surface area contributed by atoms with Crippen LogP contribution in [0, 0.1) is 0 Å². The molecule has 0 radical (unpaired) electrons. The van der Waals surface area contributed by atoms with Gasteiger partial charge < -0.3 is 19.1 Å². The van der Waals surface area contributed by atoms with E-state index in [-0.39, 0.29) is 11.7 Å². The van der Waals surface area contributed by atoms with Crippen LogP contribution in [0.2, 0.25) is 0 Å². The Kier molecular flexibility index (Phi) is 8.24. The first-order chi connectivity index (χ1) is 15.4. The van der Waals surface area contributed by atoms with Gasteiger partial charge in [0, 0.05) is 44.8 Å². The highest BCUT2D eigenvalue weighted by Gasteiger charge is 2.40. The Hall–Kier alpha value is -2.04. The van der Waals surface area contributed by atoms with Crippen molar-refractivity contribution in [3.8, 4) is 17.2 Å². The maximum Gasteiger partial charge on any atom is 0.241 e.